The van der Waals surface area contributed by atoms with Gasteiger partial charge in [0.2, 0.25) is 8.32 Å². The lowest BCUT2D eigenvalue weighted by Crippen LogP contribution is -2.50. The second kappa shape index (κ2) is 4.34. The monoisotopic (exact) mass is 234 g/mol. The van der Waals surface area contributed by atoms with Crippen molar-refractivity contribution in [1.29, 1.82) is 0 Å². The second-order valence-electron chi connectivity index (χ2n) is 5.00. The molecule has 1 unspecified atom stereocenters. The molecule has 0 radical (unpaired) electrons. The highest BCUT2D eigenvalue weighted by Gasteiger charge is 2.54. The van der Waals surface area contributed by atoms with Crippen LogP contribution in [0.2, 0.25) is 12.1 Å². The first-order valence-electron chi connectivity index (χ1n) is 6.38. The Bertz CT molecular complexity index is 345. The number of hydrogen-bond donors (Lipinski definition) is 0. The van der Waals surface area contributed by atoms with Gasteiger partial charge in [-0.05, 0) is 24.1 Å². The van der Waals surface area contributed by atoms with E-state index in [9.17, 15) is 0 Å². The van der Waals surface area contributed by atoms with Gasteiger partial charge in [0, 0.05) is 11.6 Å². The quantitative estimate of drug-likeness (QED) is 0.721. The van der Waals surface area contributed by atoms with Crippen molar-refractivity contribution in [1.82, 2.24) is 0 Å². The van der Waals surface area contributed by atoms with Crippen LogP contribution in [0.1, 0.15) is 32.8 Å². The lowest BCUT2D eigenvalue weighted by atomic mass is 9.97. The van der Waals surface area contributed by atoms with Crippen LogP contribution in [0.5, 0.6) is 0 Å². The molecule has 0 aromatic heterocycles. The Balaban J connectivity index is 2.44. The van der Waals surface area contributed by atoms with Crippen LogP contribution < -0.4 is 0 Å². The SMILES string of the molecule is CC[Si]1(CC)OCCC1(C)c1ccccc1. The third kappa shape index (κ3) is 1.55. The van der Waals surface area contributed by atoms with Gasteiger partial charge < -0.3 is 4.43 Å². The summed E-state index contributed by atoms with van der Waals surface area (Å²) in [5.41, 5.74) is 1.49. The molecule has 0 spiro atoms. The van der Waals surface area contributed by atoms with Crippen molar-refractivity contribution in [2.45, 2.75) is 44.3 Å². The lowest BCUT2D eigenvalue weighted by molar-refractivity contribution is 0.343. The fourth-order valence-corrected chi connectivity index (χ4v) is 7.82. The molecule has 0 saturated carbocycles. The first kappa shape index (κ1) is 11.9. The molecule has 1 atom stereocenters. The molecule has 0 N–H and O–H groups in total. The highest BCUT2D eigenvalue weighted by atomic mass is 28.4. The summed E-state index contributed by atoms with van der Waals surface area (Å²) < 4.78 is 6.25. The van der Waals surface area contributed by atoms with E-state index in [1.54, 1.807) is 0 Å². The van der Waals surface area contributed by atoms with Gasteiger partial charge in [0.1, 0.15) is 0 Å². The highest BCUT2D eigenvalue weighted by molar-refractivity contribution is 6.77. The molecule has 2 heteroatoms. The van der Waals surface area contributed by atoms with Crippen molar-refractivity contribution in [2.24, 2.45) is 0 Å². The maximum Gasteiger partial charge on any atom is 0.202 e. The second-order valence-corrected chi connectivity index (χ2v) is 9.79. The van der Waals surface area contributed by atoms with Crippen LogP contribution >= 0.6 is 0 Å². The molecular formula is C14H22OSi. The van der Waals surface area contributed by atoms with E-state index in [0.717, 1.165) is 6.61 Å². The van der Waals surface area contributed by atoms with Crippen molar-refractivity contribution in [3.8, 4) is 0 Å². The topological polar surface area (TPSA) is 9.23 Å². The molecule has 0 bridgehead atoms. The van der Waals surface area contributed by atoms with E-state index in [0.29, 0.717) is 5.04 Å². The van der Waals surface area contributed by atoms with Gasteiger partial charge in [-0.1, -0.05) is 51.1 Å². The lowest BCUT2D eigenvalue weighted by Gasteiger charge is -2.39. The maximum atomic E-state index is 6.25. The molecule has 1 aromatic carbocycles. The van der Waals surface area contributed by atoms with Crippen molar-refractivity contribution in [3.05, 3.63) is 35.9 Å². The van der Waals surface area contributed by atoms with Gasteiger partial charge in [0.15, 0.2) is 0 Å². The Morgan fingerprint density at radius 2 is 1.81 bits per heavy atom. The van der Waals surface area contributed by atoms with Crippen molar-refractivity contribution < 1.29 is 4.43 Å². The predicted octanol–water partition coefficient (Wildman–Crippen LogP) is 3.89. The molecule has 1 fully saturated rings. The Morgan fingerprint density at radius 3 is 2.38 bits per heavy atom. The Hall–Kier alpha value is -0.603. The third-order valence-corrected chi connectivity index (χ3v) is 10.1. The van der Waals surface area contributed by atoms with Crippen LogP contribution in [0, 0.1) is 0 Å². The first-order chi connectivity index (χ1) is 7.68. The van der Waals surface area contributed by atoms with E-state index < -0.39 is 8.32 Å². The van der Waals surface area contributed by atoms with E-state index in [1.807, 2.05) is 0 Å². The molecule has 1 aliphatic heterocycles. The van der Waals surface area contributed by atoms with Gasteiger partial charge in [-0.3, -0.25) is 0 Å². The van der Waals surface area contributed by atoms with Crippen LogP contribution in [-0.4, -0.2) is 14.9 Å². The summed E-state index contributed by atoms with van der Waals surface area (Å²) in [5.74, 6) is 0. The van der Waals surface area contributed by atoms with Crippen LogP contribution in [0.3, 0.4) is 0 Å². The van der Waals surface area contributed by atoms with Gasteiger partial charge in [-0.2, -0.15) is 0 Å². The predicted molar refractivity (Wildman–Crippen MR) is 71.1 cm³/mol. The van der Waals surface area contributed by atoms with Gasteiger partial charge in [0.05, 0.1) is 0 Å². The number of benzene rings is 1. The van der Waals surface area contributed by atoms with Gasteiger partial charge in [0.25, 0.3) is 0 Å². The molecule has 1 aliphatic rings. The zero-order chi connectivity index (χ0) is 11.6. The molecule has 0 amide bonds. The van der Waals surface area contributed by atoms with Crippen LogP contribution in [-0.2, 0) is 9.46 Å². The molecule has 88 valence electrons. The average Bonchev–Trinajstić information content (AvgIpc) is 2.69. The highest BCUT2D eigenvalue weighted by Crippen LogP contribution is 2.46. The third-order valence-electron chi connectivity index (χ3n) is 4.54. The fraction of sp³-hybridized carbons (Fsp3) is 0.571. The fourth-order valence-electron chi connectivity index (χ4n) is 3.29. The smallest absolute Gasteiger partial charge is 0.202 e. The Labute approximate surface area is 100.0 Å². The summed E-state index contributed by atoms with van der Waals surface area (Å²) in [5, 5.41) is 0.317. The normalized spacial score (nSPS) is 28.2. The standard InChI is InChI=1S/C14H22OSi/c1-4-16(5-2)14(3,11-12-15-16)13-9-7-6-8-10-13/h6-10H,4-5,11-12H2,1-3H3. The van der Waals surface area contributed by atoms with Gasteiger partial charge in [-0.15, -0.1) is 0 Å². The van der Waals surface area contributed by atoms with Crippen molar-refractivity contribution in [2.75, 3.05) is 6.61 Å². The molecule has 1 aromatic rings. The van der Waals surface area contributed by atoms with Crippen LogP contribution in [0.25, 0.3) is 0 Å². The Kier molecular flexibility index (Phi) is 3.22. The van der Waals surface area contributed by atoms with Crippen LogP contribution in [0.15, 0.2) is 30.3 Å². The van der Waals surface area contributed by atoms with E-state index >= 15 is 0 Å². The minimum atomic E-state index is -1.57. The van der Waals surface area contributed by atoms with Gasteiger partial charge >= 0.3 is 0 Å². The van der Waals surface area contributed by atoms with Gasteiger partial charge in [-0.25, -0.2) is 0 Å². The molecule has 16 heavy (non-hydrogen) atoms. The van der Waals surface area contributed by atoms with Crippen molar-refractivity contribution >= 4 is 8.32 Å². The number of hydrogen-bond acceptors (Lipinski definition) is 1. The molecule has 1 nitrogen and oxygen atoms in total. The largest absolute Gasteiger partial charge is 0.416 e. The summed E-state index contributed by atoms with van der Waals surface area (Å²) in [6, 6.07) is 13.4. The zero-order valence-corrected chi connectivity index (χ0v) is 11.6. The van der Waals surface area contributed by atoms with Crippen LogP contribution in [0.4, 0.5) is 0 Å². The number of rotatable bonds is 3. The molecule has 2 rings (SSSR count). The van der Waals surface area contributed by atoms with E-state index in [4.69, 9.17) is 4.43 Å². The first-order valence-corrected chi connectivity index (χ1v) is 8.70. The molecule has 1 saturated heterocycles. The molecule has 1 heterocycles. The van der Waals surface area contributed by atoms with E-state index in [-0.39, 0.29) is 0 Å². The minimum Gasteiger partial charge on any atom is -0.416 e. The molecular weight excluding hydrogens is 212 g/mol. The van der Waals surface area contributed by atoms with Crippen molar-refractivity contribution in [3.63, 3.8) is 0 Å². The molecule has 0 aliphatic carbocycles. The minimum absolute atomic E-state index is 0.317. The average molecular weight is 234 g/mol. The summed E-state index contributed by atoms with van der Waals surface area (Å²) in [7, 11) is -1.57. The maximum absolute atomic E-state index is 6.25. The summed E-state index contributed by atoms with van der Waals surface area (Å²) in [6.07, 6.45) is 1.20. The summed E-state index contributed by atoms with van der Waals surface area (Å²) in [4.78, 5) is 0. The summed E-state index contributed by atoms with van der Waals surface area (Å²) in [6.45, 7) is 8.00. The zero-order valence-electron chi connectivity index (χ0n) is 10.6. The summed E-state index contributed by atoms with van der Waals surface area (Å²) >= 11 is 0. The van der Waals surface area contributed by atoms with E-state index in [1.165, 1.54) is 24.1 Å². The van der Waals surface area contributed by atoms with E-state index in [2.05, 4.69) is 51.1 Å². The Morgan fingerprint density at radius 1 is 1.19 bits per heavy atom.